The molecule has 0 unspecified atom stereocenters. The molecule has 1 aliphatic heterocycles. The molecule has 0 N–H and O–H groups in total. The summed E-state index contributed by atoms with van der Waals surface area (Å²) in [6, 6.07) is 20.3. The zero-order chi connectivity index (χ0) is 21.9. The van der Waals surface area contributed by atoms with Crippen LogP contribution in [0.3, 0.4) is 0 Å². The predicted octanol–water partition coefficient (Wildman–Crippen LogP) is 4.19. The molecule has 3 heterocycles. The molecule has 0 spiro atoms. The summed E-state index contributed by atoms with van der Waals surface area (Å²) in [4.78, 5) is 4.86. The molecule has 8 heteroatoms. The normalized spacial score (nSPS) is 15.8. The fourth-order valence-corrected chi connectivity index (χ4v) is 4.54. The lowest BCUT2D eigenvalue weighted by molar-refractivity contribution is 0.201. The van der Waals surface area contributed by atoms with Gasteiger partial charge in [0.05, 0.1) is 12.3 Å². The third-order valence-electron chi connectivity index (χ3n) is 6.00. The number of aryl methyl sites for hydroxylation is 1. The minimum absolute atomic E-state index is 0.0382. The van der Waals surface area contributed by atoms with E-state index in [-0.39, 0.29) is 6.04 Å². The van der Waals surface area contributed by atoms with E-state index in [9.17, 15) is 0 Å². The SMILES string of the molecule is Cc1ccc(Cl)cc1N1CCN([C@@H](c2ccccc2)c2nnnn2Cc2ccco2)CC1. The summed E-state index contributed by atoms with van der Waals surface area (Å²) < 4.78 is 7.37. The first-order chi connectivity index (χ1) is 15.7. The average Bonchev–Trinajstić information content (AvgIpc) is 3.50. The molecule has 164 valence electrons. The Morgan fingerprint density at radius 2 is 1.81 bits per heavy atom. The molecule has 2 aromatic heterocycles. The van der Waals surface area contributed by atoms with E-state index in [1.54, 1.807) is 6.26 Å². The summed E-state index contributed by atoms with van der Waals surface area (Å²) in [5, 5.41) is 13.5. The Morgan fingerprint density at radius 3 is 2.56 bits per heavy atom. The van der Waals surface area contributed by atoms with Crippen LogP contribution in [-0.2, 0) is 6.54 Å². The van der Waals surface area contributed by atoms with Gasteiger partial charge in [0.25, 0.3) is 0 Å². The first-order valence-electron chi connectivity index (χ1n) is 10.8. The number of piperazine rings is 1. The average molecular weight is 449 g/mol. The second-order valence-electron chi connectivity index (χ2n) is 8.04. The van der Waals surface area contributed by atoms with Gasteiger partial charge in [0.2, 0.25) is 0 Å². The minimum Gasteiger partial charge on any atom is -0.467 e. The van der Waals surface area contributed by atoms with Crippen LogP contribution in [0.5, 0.6) is 0 Å². The second kappa shape index (κ2) is 9.14. The fourth-order valence-electron chi connectivity index (χ4n) is 4.37. The number of hydrogen-bond acceptors (Lipinski definition) is 6. The Hall–Kier alpha value is -3.16. The maximum absolute atomic E-state index is 6.27. The van der Waals surface area contributed by atoms with Crippen molar-refractivity contribution in [3.05, 3.63) is 94.7 Å². The molecule has 1 saturated heterocycles. The van der Waals surface area contributed by atoms with Gasteiger partial charge in [0.1, 0.15) is 12.3 Å². The monoisotopic (exact) mass is 448 g/mol. The van der Waals surface area contributed by atoms with Gasteiger partial charge in [-0.05, 0) is 52.7 Å². The third-order valence-corrected chi connectivity index (χ3v) is 6.23. The largest absolute Gasteiger partial charge is 0.467 e. The van der Waals surface area contributed by atoms with E-state index in [1.165, 1.54) is 16.8 Å². The molecule has 1 atom stereocenters. The molecule has 0 aliphatic carbocycles. The topological polar surface area (TPSA) is 63.2 Å². The minimum atomic E-state index is -0.0382. The number of hydrogen-bond donors (Lipinski definition) is 0. The lowest BCUT2D eigenvalue weighted by Crippen LogP contribution is -2.48. The van der Waals surface area contributed by atoms with Crippen molar-refractivity contribution in [2.45, 2.75) is 19.5 Å². The second-order valence-corrected chi connectivity index (χ2v) is 8.48. The van der Waals surface area contributed by atoms with Gasteiger partial charge in [0, 0.05) is 36.9 Å². The highest BCUT2D eigenvalue weighted by molar-refractivity contribution is 6.30. The summed E-state index contributed by atoms with van der Waals surface area (Å²) in [6.07, 6.45) is 1.67. The zero-order valence-electron chi connectivity index (χ0n) is 17.9. The number of tetrazole rings is 1. The first-order valence-corrected chi connectivity index (χ1v) is 11.2. The van der Waals surface area contributed by atoms with Crippen LogP contribution < -0.4 is 4.90 Å². The molecule has 0 bridgehead atoms. The molecule has 0 radical (unpaired) electrons. The molecule has 1 aliphatic rings. The van der Waals surface area contributed by atoms with Crippen LogP contribution >= 0.6 is 11.6 Å². The van der Waals surface area contributed by atoms with Crippen LogP contribution in [0, 0.1) is 6.92 Å². The van der Waals surface area contributed by atoms with Crippen LogP contribution in [0.4, 0.5) is 5.69 Å². The molecule has 4 aromatic rings. The van der Waals surface area contributed by atoms with Crippen molar-refractivity contribution in [2.24, 2.45) is 0 Å². The van der Waals surface area contributed by atoms with E-state index < -0.39 is 0 Å². The highest BCUT2D eigenvalue weighted by Gasteiger charge is 2.31. The van der Waals surface area contributed by atoms with E-state index in [4.69, 9.17) is 16.0 Å². The molecule has 2 aromatic carbocycles. The molecule has 5 rings (SSSR count). The lowest BCUT2D eigenvalue weighted by Gasteiger charge is -2.40. The smallest absolute Gasteiger partial charge is 0.173 e. The van der Waals surface area contributed by atoms with Gasteiger partial charge >= 0.3 is 0 Å². The van der Waals surface area contributed by atoms with Gasteiger partial charge in [-0.25, -0.2) is 4.68 Å². The number of furan rings is 1. The molecule has 1 fully saturated rings. The number of aromatic nitrogens is 4. The Bertz CT molecular complexity index is 1150. The van der Waals surface area contributed by atoms with Crippen LogP contribution in [0.15, 0.2) is 71.3 Å². The summed E-state index contributed by atoms with van der Waals surface area (Å²) in [6.45, 7) is 6.22. The van der Waals surface area contributed by atoms with E-state index in [0.29, 0.717) is 6.54 Å². The zero-order valence-corrected chi connectivity index (χ0v) is 18.7. The van der Waals surface area contributed by atoms with Crippen molar-refractivity contribution in [1.29, 1.82) is 0 Å². The van der Waals surface area contributed by atoms with Crippen molar-refractivity contribution < 1.29 is 4.42 Å². The highest BCUT2D eigenvalue weighted by Crippen LogP contribution is 2.31. The number of rotatable bonds is 6. The van der Waals surface area contributed by atoms with Crippen molar-refractivity contribution in [1.82, 2.24) is 25.1 Å². The maximum Gasteiger partial charge on any atom is 0.173 e. The Labute approximate surface area is 192 Å². The Balaban J connectivity index is 1.41. The van der Waals surface area contributed by atoms with E-state index in [1.807, 2.05) is 28.9 Å². The summed E-state index contributed by atoms with van der Waals surface area (Å²) in [5.74, 6) is 1.64. The van der Waals surface area contributed by atoms with Gasteiger partial charge in [-0.2, -0.15) is 0 Å². The van der Waals surface area contributed by atoms with E-state index >= 15 is 0 Å². The number of halogens is 1. The Morgan fingerprint density at radius 1 is 1.00 bits per heavy atom. The van der Waals surface area contributed by atoms with Crippen LogP contribution in [-0.4, -0.2) is 51.3 Å². The summed E-state index contributed by atoms with van der Waals surface area (Å²) in [5.41, 5.74) is 3.62. The van der Waals surface area contributed by atoms with Gasteiger partial charge in [-0.3, -0.25) is 4.90 Å². The van der Waals surface area contributed by atoms with Gasteiger partial charge in [-0.1, -0.05) is 48.0 Å². The highest BCUT2D eigenvalue weighted by atomic mass is 35.5. The van der Waals surface area contributed by atoms with Crippen molar-refractivity contribution in [2.75, 3.05) is 31.1 Å². The summed E-state index contributed by atoms with van der Waals surface area (Å²) in [7, 11) is 0. The van der Waals surface area contributed by atoms with Crippen LogP contribution in [0.25, 0.3) is 0 Å². The fraction of sp³-hybridized carbons (Fsp3) is 0.292. The van der Waals surface area contributed by atoms with Gasteiger partial charge in [0.15, 0.2) is 5.82 Å². The van der Waals surface area contributed by atoms with Crippen molar-refractivity contribution in [3.63, 3.8) is 0 Å². The van der Waals surface area contributed by atoms with E-state index in [0.717, 1.165) is 42.8 Å². The molecule has 0 saturated carbocycles. The third kappa shape index (κ3) is 4.26. The number of benzene rings is 2. The van der Waals surface area contributed by atoms with Crippen molar-refractivity contribution in [3.8, 4) is 0 Å². The predicted molar refractivity (Wildman–Crippen MR) is 124 cm³/mol. The molecular weight excluding hydrogens is 424 g/mol. The quantitative estimate of drug-likeness (QED) is 0.440. The molecule has 7 nitrogen and oxygen atoms in total. The molecular formula is C24H25ClN6O. The first kappa shape index (κ1) is 20.7. The Kier molecular flexibility index (Phi) is 5.92. The maximum atomic E-state index is 6.27. The standard InChI is InChI=1S/C24H25ClN6O/c1-18-9-10-20(25)16-22(18)29-11-13-30(14-12-29)23(19-6-3-2-4-7-19)24-26-27-28-31(24)17-21-8-5-15-32-21/h2-10,15-16,23H,11-14,17H2,1H3/t23-/m0/s1. The summed E-state index contributed by atoms with van der Waals surface area (Å²) >= 11 is 6.27. The van der Waals surface area contributed by atoms with E-state index in [2.05, 4.69) is 68.6 Å². The van der Waals surface area contributed by atoms with Crippen molar-refractivity contribution >= 4 is 17.3 Å². The van der Waals surface area contributed by atoms with Crippen LogP contribution in [0.2, 0.25) is 5.02 Å². The number of nitrogens with zero attached hydrogens (tertiary/aromatic N) is 6. The van der Waals surface area contributed by atoms with Gasteiger partial charge in [-0.15, -0.1) is 5.10 Å². The molecule has 0 amide bonds. The van der Waals surface area contributed by atoms with Crippen LogP contribution in [0.1, 0.15) is 28.8 Å². The lowest BCUT2D eigenvalue weighted by atomic mass is 10.0. The van der Waals surface area contributed by atoms with Gasteiger partial charge < -0.3 is 9.32 Å². The number of anilines is 1. The molecule has 32 heavy (non-hydrogen) atoms.